The zero-order valence-electron chi connectivity index (χ0n) is 10.00. The molecule has 0 bridgehead atoms. The Hall–Kier alpha value is -0.770. The van der Waals surface area contributed by atoms with Crippen LogP contribution in [0.2, 0.25) is 0 Å². The molecule has 0 radical (unpaired) electrons. The molecule has 2 unspecified atom stereocenters. The van der Waals surface area contributed by atoms with Crippen LogP contribution in [-0.2, 0) is 0 Å². The van der Waals surface area contributed by atoms with E-state index in [1.165, 1.54) is 5.69 Å². The lowest BCUT2D eigenvalue weighted by Crippen LogP contribution is -2.41. The molecule has 0 aromatic carbocycles. The molecule has 0 spiro atoms. The summed E-state index contributed by atoms with van der Waals surface area (Å²) in [5.41, 5.74) is 2.42. The van der Waals surface area contributed by atoms with E-state index in [9.17, 15) is 0 Å². The topological polar surface area (TPSA) is 28.2 Å². The number of fused-ring (bicyclic) bond motifs is 1. The van der Waals surface area contributed by atoms with Crippen molar-refractivity contribution >= 4 is 27.3 Å². The SMILES string of the molecule is CCC(C)N1c2cc(Br)ncc2NC1CC. The smallest absolute Gasteiger partial charge is 0.108 e. The van der Waals surface area contributed by atoms with Gasteiger partial charge in [-0.1, -0.05) is 13.8 Å². The Bertz CT molecular complexity index is 381. The van der Waals surface area contributed by atoms with Crippen molar-refractivity contribution < 1.29 is 0 Å². The van der Waals surface area contributed by atoms with Crippen LogP contribution in [0.15, 0.2) is 16.9 Å². The van der Waals surface area contributed by atoms with Gasteiger partial charge < -0.3 is 10.2 Å². The molecule has 0 aliphatic carbocycles. The number of halogens is 1. The lowest BCUT2D eigenvalue weighted by molar-refractivity contribution is 0.552. The van der Waals surface area contributed by atoms with Crippen molar-refractivity contribution in [3.8, 4) is 0 Å². The molecular weight excluding hydrogens is 266 g/mol. The summed E-state index contributed by atoms with van der Waals surface area (Å²) in [4.78, 5) is 6.73. The molecule has 1 aliphatic rings. The Balaban J connectivity index is 2.38. The summed E-state index contributed by atoms with van der Waals surface area (Å²) in [6.45, 7) is 6.71. The predicted octanol–water partition coefficient (Wildman–Crippen LogP) is 3.61. The van der Waals surface area contributed by atoms with Gasteiger partial charge in [-0.2, -0.15) is 0 Å². The summed E-state index contributed by atoms with van der Waals surface area (Å²) in [5, 5.41) is 3.52. The van der Waals surface area contributed by atoms with Crippen LogP contribution in [0.3, 0.4) is 0 Å². The Labute approximate surface area is 105 Å². The van der Waals surface area contributed by atoms with Crippen molar-refractivity contribution in [1.82, 2.24) is 4.98 Å². The molecule has 1 aliphatic heterocycles. The van der Waals surface area contributed by atoms with E-state index in [1.807, 2.05) is 6.20 Å². The molecule has 2 atom stereocenters. The number of hydrogen-bond donors (Lipinski definition) is 1. The summed E-state index contributed by atoms with van der Waals surface area (Å²) in [6, 6.07) is 2.65. The molecule has 16 heavy (non-hydrogen) atoms. The van der Waals surface area contributed by atoms with Crippen LogP contribution < -0.4 is 10.2 Å². The van der Waals surface area contributed by atoms with Crippen molar-refractivity contribution in [1.29, 1.82) is 0 Å². The van der Waals surface area contributed by atoms with E-state index in [-0.39, 0.29) is 0 Å². The van der Waals surface area contributed by atoms with E-state index in [2.05, 4.69) is 58.0 Å². The van der Waals surface area contributed by atoms with Gasteiger partial charge in [0.05, 0.1) is 23.7 Å². The first kappa shape index (κ1) is 11.7. The van der Waals surface area contributed by atoms with Gasteiger partial charge in [-0.05, 0) is 41.8 Å². The highest BCUT2D eigenvalue weighted by Crippen LogP contribution is 2.38. The Morgan fingerprint density at radius 1 is 1.56 bits per heavy atom. The minimum Gasteiger partial charge on any atom is -0.362 e. The van der Waals surface area contributed by atoms with Crippen LogP contribution in [0, 0.1) is 0 Å². The van der Waals surface area contributed by atoms with E-state index in [0.29, 0.717) is 12.2 Å². The highest BCUT2D eigenvalue weighted by Gasteiger charge is 2.30. The average molecular weight is 284 g/mol. The number of rotatable bonds is 3. The van der Waals surface area contributed by atoms with Gasteiger partial charge in [-0.15, -0.1) is 0 Å². The first-order valence-corrected chi connectivity index (χ1v) is 6.67. The molecule has 0 saturated carbocycles. The van der Waals surface area contributed by atoms with Crippen LogP contribution in [0.4, 0.5) is 11.4 Å². The fraction of sp³-hybridized carbons (Fsp3) is 0.583. The van der Waals surface area contributed by atoms with Crippen molar-refractivity contribution in [2.24, 2.45) is 0 Å². The van der Waals surface area contributed by atoms with Crippen LogP contribution in [0.5, 0.6) is 0 Å². The van der Waals surface area contributed by atoms with Crippen molar-refractivity contribution in [3.63, 3.8) is 0 Å². The van der Waals surface area contributed by atoms with E-state index in [4.69, 9.17) is 0 Å². The minimum atomic E-state index is 0.404. The van der Waals surface area contributed by atoms with Gasteiger partial charge in [-0.3, -0.25) is 0 Å². The molecule has 88 valence electrons. The van der Waals surface area contributed by atoms with E-state index >= 15 is 0 Å². The normalized spacial score (nSPS) is 20.5. The number of aromatic nitrogens is 1. The number of pyridine rings is 1. The van der Waals surface area contributed by atoms with Crippen LogP contribution in [0.25, 0.3) is 0 Å². The van der Waals surface area contributed by atoms with Crippen LogP contribution >= 0.6 is 15.9 Å². The van der Waals surface area contributed by atoms with E-state index in [0.717, 1.165) is 23.1 Å². The minimum absolute atomic E-state index is 0.404. The number of nitrogens with zero attached hydrogens (tertiary/aromatic N) is 2. The Morgan fingerprint density at radius 2 is 2.31 bits per heavy atom. The monoisotopic (exact) mass is 283 g/mol. The second-order valence-corrected chi connectivity index (χ2v) is 5.07. The molecule has 1 aromatic heterocycles. The highest BCUT2D eigenvalue weighted by molar-refractivity contribution is 9.10. The molecule has 3 nitrogen and oxygen atoms in total. The van der Waals surface area contributed by atoms with E-state index < -0.39 is 0 Å². The lowest BCUT2D eigenvalue weighted by atomic mass is 10.2. The molecule has 0 saturated heterocycles. The van der Waals surface area contributed by atoms with Crippen molar-refractivity contribution in [2.75, 3.05) is 10.2 Å². The van der Waals surface area contributed by atoms with Crippen LogP contribution in [-0.4, -0.2) is 17.2 Å². The molecule has 0 amide bonds. The summed E-state index contributed by atoms with van der Waals surface area (Å²) < 4.78 is 0.901. The maximum Gasteiger partial charge on any atom is 0.108 e. The third-order valence-electron chi connectivity index (χ3n) is 3.24. The second kappa shape index (κ2) is 4.62. The lowest BCUT2D eigenvalue weighted by Gasteiger charge is -2.31. The van der Waals surface area contributed by atoms with Gasteiger partial charge in [0.1, 0.15) is 4.60 Å². The van der Waals surface area contributed by atoms with Crippen LogP contribution in [0.1, 0.15) is 33.6 Å². The Morgan fingerprint density at radius 3 is 2.94 bits per heavy atom. The fourth-order valence-electron chi connectivity index (χ4n) is 2.20. The van der Waals surface area contributed by atoms with Crippen molar-refractivity contribution in [2.45, 2.75) is 45.8 Å². The van der Waals surface area contributed by atoms with Gasteiger partial charge in [0.25, 0.3) is 0 Å². The molecule has 2 heterocycles. The molecule has 1 N–H and O–H groups in total. The first-order chi connectivity index (χ1) is 7.67. The van der Waals surface area contributed by atoms with E-state index in [1.54, 1.807) is 0 Å². The Kier molecular flexibility index (Phi) is 3.38. The average Bonchev–Trinajstić information content (AvgIpc) is 2.65. The first-order valence-electron chi connectivity index (χ1n) is 5.87. The van der Waals surface area contributed by atoms with Gasteiger partial charge in [0, 0.05) is 6.04 Å². The summed E-state index contributed by atoms with van der Waals surface area (Å²) in [6.07, 6.45) is 4.56. The summed E-state index contributed by atoms with van der Waals surface area (Å²) in [7, 11) is 0. The number of nitrogens with one attached hydrogen (secondary N) is 1. The summed E-state index contributed by atoms with van der Waals surface area (Å²) >= 11 is 3.44. The largest absolute Gasteiger partial charge is 0.362 e. The quantitative estimate of drug-likeness (QED) is 0.859. The zero-order chi connectivity index (χ0) is 11.7. The molecule has 1 aromatic rings. The standard InChI is InChI=1S/C12H18BrN3/c1-4-8(3)16-10-6-11(13)14-7-9(10)15-12(16)5-2/h6-8,12,15H,4-5H2,1-3H3. The van der Waals surface area contributed by atoms with Gasteiger partial charge in [0.15, 0.2) is 0 Å². The van der Waals surface area contributed by atoms with Gasteiger partial charge in [-0.25, -0.2) is 4.98 Å². The fourth-order valence-corrected chi connectivity index (χ4v) is 2.52. The van der Waals surface area contributed by atoms with Gasteiger partial charge in [0.2, 0.25) is 0 Å². The highest BCUT2D eigenvalue weighted by atomic mass is 79.9. The molecule has 2 rings (SSSR count). The maximum atomic E-state index is 4.27. The third kappa shape index (κ3) is 1.90. The molecule has 0 fully saturated rings. The predicted molar refractivity (Wildman–Crippen MR) is 71.9 cm³/mol. The second-order valence-electron chi connectivity index (χ2n) is 4.26. The zero-order valence-corrected chi connectivity index (χ0v) is 11.6. The maximum absolute atomic E-state index is 4.27. The summed E-state index contributed by atoms with van der Waals surface area (Å²) in [5.74, 6) is 0. The van der Waals surface area contributed by atoms with Crippen molar-refractivity contribution in [3.05, 3.63) is 16.9 Å². The third-order valence-corrected chi connectivity index (χ3v) is 3.67. The number of anilines is 2. The number of hydrogen-bond acceptors (Lipinski definition) is 3. The van der Waals surface area contributed by atoms with Gasteiger partial charge >= 0.3 is 0 Å². The molecular formula is C12H18BrN3. The molecule has 4 heteroatoms.